The van der Waals surface area contributed by atoms with Gasteiger partial charge in [0, 0.05) is 17.1 Å². The topological polar surface area (TPSA) is 81.5 Å². The number of halogens is 1. The number of hydrogen-bond acceptors (Lipinski definition) is 4. The van der Waals surface area contributed by atoms with Gasteiger partial charge in [-0.2, -0.15) is 0 Å². The highest BCUT2D eigenvalue weighted by atomic mass is 79.9. The maximum absolute atomic E-state index is 11.4. The maximum atomic E-state index is 11.4. The number of nitrogens with one attached hydrogen (secondary N) is 1. The summed E-state index contributed by atoms with van der Waals surface area (Å²) in [5, 5.41) is 13.5. The monoisotopic (exact) mass is 356 g/mol. The summed E-state index contributed by atoms with van der Waals surface area (Å²) in [5.41, 5.74) is -0.0924. The number of carbonyl (C=O) groups is 1. The van der Waals surface area contributed by atoms with Gasteiger partial charge in [-0.1, -0.05) is 28.1 Å². The van der Waals surface area contributed by atoms with Crippen molar-refractivity contribution in [1.82, 2.24) is 5.32 Å². The molecule has 6 nitrogen and oxygen atoms in total. The molecule has 1 aromatic carbocycles. The van der Waals surface area contributed by atoms with Gasteiger partial charge in [0.15, 0.2) is 0 Å². The van der Waals surface area contributed by atoms with Crippen molar-refractivity contribution in [1.29, 1.82) is 0 Å². The number of amides is 1. The van der Waals surface area contributed by atoms with Crippen molar-refractivity contribution in [3.05, 3.63) is 44.4 Å². The zero-order chi connectivity index (χ0) is 16.0. The Hall–Kier alpha value is -1.89. The zero-order valence-electron chi connectivity index (χ0n) is 12.1. The van der Waals surface area contributed by atoms with Gasteiger partial charge in [-0.3, -0.25) is 10.1 Å². The lowest BCUT2D eigenvalue weighted by Gasteiger charge is -2.19. The number of rotatable bonds is 4. The molecule has 114 valence electrons. The van der Waals surface area contributed by atoms with Gasteiger partial charge in [-0.25, -0.2) is 4.79 Å². The maximum Gasteiger partial charge on any atom is 0.407 e. The largest absolute Gasteiger partial charge is 0.444 e. The first-order valence-corrected chi connectivity index (χ1v) is 7.05. The van der Waals surface area contributed by atoms with E-state index in [4.69, 9.17) is 4.74 Å². The first-order valence-electron chi connectivity index (χ1n) is 6.26. The number of nitro groups is 1. The molecule has 0 fully saturated rings. The predicted octanol–water partition coefficient (Wildman–Crippen LogP) is 3.90. The van der Waals surface area contributed by atoms with Crippen LogP contribution in [0.15, 0.2) is 28.7 Å². The van der Waals surface area contributed by atoms with E-state index in [1.807, 2.05) is 0 Å². The molecule has 0 saturated heterocycles. The predicted molar refractivity (Wildman–Crippen MR) is 84.1 cm³/mol. The number of benzene rings is 1. The van der Waals surface area contributed by atoms with E-state index in [1.54, 1.807) is 45.1 Å². The Morgan fingerprint density at radius 2 is 2.14 bits per heavy atom. The second-order valence-electron chi connectivity index (χ2n) is 5.25. The molecule has 7 heteroatoms. The quantitative estimate of drug-likeness (QED) is 0.655. The number of nitrogens with zero attached hydrogens (tertiary/aromatic N) is 1. The lowest BCUT2D eigenvalue weighted by molar-refractivity contribution is -0.385. The summed E-state index contributed by atoms with van der Waals surface area (Å²) in [5.74, 6) is 0. The van der Waals surface area contributed by atoms with Crippen LogP contribution < -0.4 is 5.32 Å². The molecule has 21 heavy (non-hydrogen) atoms. The van der Waals surface area contributed by atoms with Gasteiger partial charge in [0.2, 0.25) is 0 Å². The molecule has 0 radical (unpaired) electrons. The fourth-order valence-electron chi connectivity index (χ4n) is 1.46. The zero-order valence-corrected chi connectivity index (χ0v) is 13.6. The molecule has 0 bridgehead atoms. The normalized spacial score (nSPS) is 11.4. The molecule has 1 aromatic rings. The highest BCUT2D eigenvalue weighted by molar-refractivity contribution is 9.10. The minimum absolute atomic E-state index is 0.00195. The Balaban J connectivity index is 2.62. The van der Waals surface area contributed by atoms with E-state index in [2.05, 4.69) is 21.2 Å². The fourth-order valence-corrected chi connectivity index (χ4v) is 1.81. The van der Waals surface area contributed by atoms with Gasteiger partial charge in [0.25, 0.3) is 5.69 Å². The van der Waals surface area contributed by atoms with Crippen molar-refractivity contribution in [2.45, 2.75) is 26.4 Å². The molecule has 1 amide bonds. The Morgan fingerprint density at radius 1 is 1.48 bits per heavy atom. The molecule has 0 spiro atoms. The molecule has 0 aromatic heterocycles. The van der Waals surface area contributed by atoms with E-state index in [1.165, 1.54) is 6.07 Å². The van der Waals surface area contributed by atoms with E-state index in [0.717, 1.165) is 0 Å². The van der Waals surface area contributed by atoms with Gasteiger partial charge in [0.05, 0.1) is 10.5 Å². The van der Waals surface area contributed by atoms with Crippen LogP contribution in [0, 0.1) is 10.1 Å². The summed E-state index contributed by atoms with van der Waals surface area (Å²) in [6.45, 7) is 5.54. The third-order valence-electron chi connectivity index (χ3n) is 2.25. The second-order valence-corrected chi connectivity index (χ2v) is 6.16. The van der Waals surface area contributed by atoms with Crippen LogP contribution in [0.1, 0.15) is 26.3 Å². The molecule has 0 aliphatic rings. The highest BCUT2D eigenvalue weighted by Gasteiger charge is 2.15. The van der Waals surface area contributed by atoms with Crippen molar-refractivity contribution < 1.29 is 14.5 Å². The average Bonchev–Trinajstić information content (AvgIpc) is 2.33. The standard InChI is InChI=1S/C14H17BrN2O4/c1-14(2,3)21-13(18)16-8-4-5-10-6-7-11(15)9-12(10)17(19)20/h4-7,9H,8H2,1-3H3,(H,16,18). The third kappa shape index (κ3) is 6.40. The number of hydrogen-bond donors (Lipinski definition) is 1. The molecule has 0 atom stereocenters. The summed E-state index contributed by atoms with van der Waals surface area (Å²) in [7, 11) is 0. The summed E-state index contributed by atoms with van der Waals surface area (Å²) in [4.78, 5) is 21.9. The van der Waals surface area contributed by atoms with Crippen molar-refractivity contribution >= 4 is 33.8 Å². The van der Waals surface area contributed by atoms with Crippen molar-refractivity contribution in [2.75, 3.05) is 6.54 Å². The highest BCUT2D eigenvalue weighted by Crippen LogP contribution is 2.24. The Kier molecular flexibility index (Phi) is 5.90. The van der Waals surface area contributed by atoms with Crippen molar-refractivity contribution in [3.8, 4) is 0 Å². The second kappa shape index (κ2) is 7.21. The summed E-state index contributed by atoms with van der Waals surface area (Å²) >= 11 is 3.19. The van der Waals surface area contributed by atoms with Gasteiger partial charge < -0.3 is 10.1 Å². The van der Waals surface area contributed by atoms with Gasteiger partial charge >= 0.3 is 6.09 Å². The number of carbonyl (C=O) groups excluding carboxylic acids is 1. The van der Waals surface area contributed by atoms with E-state index in [-0.39, 0.29) is 12.2 Å². The fraction of sp³-hybridized carbons (Fsp3) is 0.357. The van der Waals surface area contributed by atoms with Gasteiger partial charge in [0.1, 0.15) is 5.60 Å². The number of ether oxygens (including phenoxy) is 1. The molecular formula is C14H17BrN2O4. The van der Waals surface area contributed by atoms with Crippen LogP contribution in [-0.4, -0.2) is 23.2 Å². The number of nitro benzene ring substituents is 1. The van der Waals surface area contributed by atoms with Crippen LogP contribution in [0.4, 0.5) is 10.5 Å². The van der Waals surface area contributed by atoms with Crippen LogP contribution in [0.2, 0.25) is 0 Å². The molecule has 1 rings (SSSR count). The lowest BCUT2D eigenvalue weighted by atomic mass is 10.1. The van der Waals surface area contributed by atoms with E-state index in [9.17, 15) is 14.9 Å². The smallest absolute Gasteiger partial charge is 0.407 e. The van der Waals surface area contributed by atoms with Crippen LogP contribution >= 0.6 is 15.9 Å². The summed E-state index contributed by atoms with van der Waals surface area (Å²) in [6.07, 6.45) is 2.68. The number of alkyl carbamates (subject to hydrolysis) is 1. The van der Waals surface area contributed by atoms with Crippen LogP contribution in [-0.2, 0) is 4.74 Å². The molecule has 0 saturated carbocycles. The summed E-state index contributed by atoms with van der Waals surface area (Å²) in [6, 6.07) is 4.78. The molecule has 0 unspecified atom stereocenters. The minimum atomic E-state index is -0.557. The van der Waals surface area contributed by atoms with Crippen LogP contribution in [0.5, 0.6) is 0 Å². The van der Waals surface area contributed by atoms with E-state index < -0.39 is 16.6 Å². The molecule has 0 aliphatic carbocycles. The first-order chi connectivity index (χ1) is 9.69. The van der Waals surface area contributed by atoms with Crippen LogP contribution in [0.3, 0.4) is 0 Å². The van der Waals surface area contributed by atoms with E-state index in [0.29, 0.717) is 10.0 Å². The Labute approximate surface area is 131 Å². The first kappa shape index (κ1) is 17.2. The molecule has 0 aliphatic heterocycles. The van der Waals surface area contributed by atoms with E-state index >= 15 is 0 Å². The van der Waals surface area contributed by atoms with Gasteiger partial charge in [-0.05, 0) is 32.9 Å². The molecule has 0 heterocycles. The Morgan fingerprint density at radius 3 is 2.71 bits per heavy atom. The molecular weight excluding hydrogens is 340 g/mol. The lowest BCUT2D eigenvalue weighted by Crippen LogP contribution is -2.32. The average molecular weight is 357 g/mol. The van der Waals surface area contributed by atoms with Crippen molar-refractivity contribution in [2.24, 2.45) is 0 Å². The summed E-state index contributed by atoms with van der Waals surface area (Å²) < 4.78 is 5.71. The third-order valence-corrected chi connectivity index (χ3v) is 2.74. The Bertz CT molecular complexity index is 565. The SMILES string of the molecule is CC(C)(C)OC(=O)NCC=Cc1ccc(Br)cc1[N+](=O)[O-]. The minimum Gasteiger partial charge on any atom is -0.444 e. The van der Waals surface area contributed by atoms with Crippen molar-refractivity contribution in [3.63, 3.8) is 0 Å². The van der Waals surface area contributed by atoms with Gasteiger partial charge in [-0.15, -0.1) is 0 Å². The van der Waals surface area contributed by atoms with Crippen LogP contribution in [0.25, 0.3) is 6.08 Å². The molecule has 1 N–H and O–H groups in total.